The fourth-order valence-electron chi connectivity index (χ4n) is 2.70. The Hall–Kier alpha value is -2.92. The first-order valence-electron chi connectivity index (χ1n) is 8.30. The molecule has 148 valence electrons. The van der Waals surface area contributed by atoms with E-state index in [0.29, 0.717) is 11.4 Å². The lowest BCUT2D eigenvalue weighted by molar-refractivity contribution is 0.445. The molecule has 0 unspecified atom stereocenters. The molecule has 28 heavy (non-hydrogen) atoms. The van der Waals surface area contributed by atoms with Crippen molar-refractivity contribution in [2.24, 2.45) is 0 Å². The monoisotopic (exact) mass is 421 g/mol. The van der Waals surface area contributed by atoms with Crippen LogP contribution >= 0.6 is 12.2 Å². The van der Waals surface area contributed by atoms with Crippen LogP contribution in [-0.2, 0) is 10.0 Å². The molecule has 9 nitrogen and oxygen atoms in total. The Labute approximate surface area is 166 Å². The number of aromatic nitrogens is 4. The lowest BCUT2D eigenvalue weighted by Crippen LogP contribution is -2.15. The smallest absolute Gasteiger partial charge is 0.273 e. The average molecular weight is 422 g/mol. The second-order valence-corrected chi connectivity index (χ2v) is 8.51. The minimum Gasteiger partial charge on any atom is -0.508 e. The number of H-pyrrole nitrogens is 1. The Morgan fingerprint density at radius 1 is 1.21 bits per heavy atom. The van der Waals surface area contributed by atoms with Gasteiger partial charge in [-0.15, -0.1) is 0 Å². The Morgan fingerprint density at radius 2 is 1.93 bits per heavy atom. The van der Waals surface area contributed by atoms with Gasteiger partial charge in [0.15, 0.2) is 5.82 Å². The molecule has 0 bridgehead atoms. The van der Waals surface area contributed by atoms with Crippen LogP contribution in [0.2, 0.25) is 0 Å². The van der Waals surface area contributed by atoms with Gasteiger partial charge in [0.25, 0.3) is 10.0 Å². The van der Waals surface area contributed by atoms with E-state index >= 15 is 0 Å². The lowest BCUT2D eigenvalue weighted by Gasteiger charge is -2.13. The van der Waals surface area contributed by atoms with E-state index in [0.717, 1.165) is 10.0 Å². The first-order chi connectivity index (χ1) is 13.2. The third-order valence-electron chi connectivity index (χ3n) is 4.17. The predicted molar refractivity (Wildman–Crippen MR) is 107 cm³/mol. The van der Waals surface area contributed by atoms with Gasteiger partial charge in [0.05, 0.1) is 5.56 Å². The molecule has 0 fully saturated rings. The standard InChI is InChI=1S/C17H19N5O4S2/c1-9(2)11-6-12(14(24)7-13(11)23)16-20-21-17(27)22(16)28(25,26)10-4-5-15(18-3)19-8-10/h4-9,23-24H,1-3H3,(H,18,19)(H,21,27). The number of benzene rings is 1. The molecule has 3 aromatic rings. The molecular weight excluding hydrogens is 402 g/mol. The summed E-state index contributed by atoms with van der Waals surface area (Å²) in [5.74, 6) is -0.0675. The highest BCUT2D eigenvalue weighted by Crippen LogP contribution is 2.37. The molecule has 0 spiro atoms. The van der Waals surface area contributed by atoms with Crippen LogP contribution in [0, 0.1) is 4.77 Å². The normalized spacial score (nSPS) is 11.7. The van der Waals surface area contributed by atoms with E-state index in [1.807, 2.05) is 13.8 Å². The highest BCUT2D eigenvalue weighted by Gasteiger charge is 2.26. The van der Waals surface area contributed by atoms with Crippen molar-refractivity contribution in [3.05, 3.63) is 40.8 Å². The maximum absolute atomic E-state index is 13.2. The number of rotatable bonds is 5. The van der Waals surface area contributed by atoms with Gasteiger partial charge in [0, 0.05) is 19.3 Å². The summed E-state index contributed by atoms with van der Waals surface area (Å²) in [6, 6.07) is 5.56. The Morgan fingerprint density at radius 3 is 2.50 bits per heavy atom. The van der Waals surface area contributed by atoms with E-state index in [-0.39, 0.29) is 38.5 Å². The number of anilines is 1. The molecule has 4 N–H and O–H groups in total. The number of aromatic amines is 1. The number of nitrogens with zero attached hydrogens (tertiary/aromatic N) is 3. The molecule has 0 radical (unpaired) electrons. The van der Waals surface area contributed by atoms with Crippen LogP contribution < -0.4 is 5.32 Å². The van der Waals surface area contributed by atoms with Gasteiger partial charge in [-0.2, -0.15) is 9.07 Å². The summed E-state index contributed by atoms with van der Waals surface area (Å²) in [6.45, 7) is 3.72. The SMILES string of the molecule is CNc1ccc(S(=O)(=O)n2c(-c3cc(C(C)C)c(O)cc3O)n[nH]c2=S)cn1. The molecule has 0 aliphatic heterocycles. The zero-order valence-corrected chi connectivity index (χ0v) is 17.0. The van der Waals surface area contributed by atoms with E-state index in [1.54, 1.807) is 7.05 Å². The molecular formula is C17H19N5O4S2. The van der Waals surface area contributed by atoms with Crippen LogP contribution in [0.4, 0.5) is 5.82 Å². The number of phenols is 2. The van der Waals surface area contributed by atoms with Crippen molar-refractivity contribution < 1.29 is 18.6 Å². The molecule has 0 amide bonds. The van der Waals surface area contributed by atoms with Crippen LogP contribution in [0.3, 0.4) is 0 Å². The Kier molecular flexibility index (Phi) is 5.13. The number of aromatic hydroxyl groups is 2. The average Bonchev–Trinajstić information content (AvgIpc) is 3.03. The van der Waals surface area contributed by atoms with E-state index in [2.05, 4.69) is 20.5 Å². The predicted octanol–water partition coefficient (Wildman–Crippen LogP) is 2.82. The Balaban J connectivity index is 2.23. The molecule has 11 heteroatoms. The van der Waals surface area contributed by atoms with Crippen molar-refractivity contribution >= 4 is 28.1 Å². The second-order valence-electron chi connectivity index (χ2n) is 6.33. The van der Waals surface area contributed by atoms with Crippen LogP contribution in [0.5, 0.6) is 11.5 Å². The van der Waals surface area contributed by atoms with Crippen molar-refractivity contribution in [3.63, 3.8) is 0 Å². The van der Waals surface area contributed by atoms with Gasteiger partial charge in [-0.05, 0) is 41.9 Å². The summed E-state index contributed by atoms with van der Waals surface area (Å²) < 4.78 is 27.0. The first kappa shape index (κ1) is 19.8. The van der Waals surface area contributed by atoms with Crippen molar-refractivity contribution in [1.29, 1.82) is 0 Å². The van der Waals surface area contributed by atoms with Crippen LogP contribution in [0.15, 0.2) is 35.4 Å². The molecule has 0 aliphatic carbocycles. The Bertz CT molecular complexity index is 1180. The summed E-state index contributed by atoms with van der Waals surface area (Å²) in [5.41, 5.74) is 0.655. The summed E-state index contributed by atoms with van der Waals surface area (Å²) in [6.07, 6.45) is 1.20. The first-order valence-corrected chi connectivity index (χ1v) is 10.1. The quantitative estimate of drug-likeness (QED) is 0.462. The van der Waals surface area contributed by atoms with Gasteiger partial charge in [0.2, 0.25) is 4.77 Å². The maximum Gasteiger partial charge on any atom is 0.273 e. The van der Waals surface area contributed by atoms with Crippen LogP contribution in [-0.4, -0.2) is 44.8 Å². The molecule has 0 atom stereocenters. The minimum absolute atomic E-state index is 0.0652. The topological polar surface area (TPSA) is 133 Å². The highest BCUT2D eigenvalue weighted by atomic mass is 32.2. The largest absolute Gasteiger partial charge is 0.508 e. The zero-order valence-electron chi connectivity index (χ0n) is 15.3. The second kappa shape index (κ2) is 7.24. The van der Waals surface area contributed by atoms with Crippen LogP contribution in [0.1, 0.15) is 25.3 Å². The third kappa shape index (κ3) is 3.34. The molecule has 1 aromatic carbocycles. The third-order valence-corrected chi connectivity index (χ3v) is 6.24. The van der Waals surface area contributed by atoms with Crippen molar-refractivity contribution in [1.82, 2.24) is 19.2 Å². The molecule has 0 saturated heterocycles. The highest BCUT2D eigenvalue weighted by molar-refractivity contribution is 7.90. The molecule has 2 heterocycles. The van der Waals surface area contributed by atoms with Gasteiger partial charge in [-0.3, -0.25) is 5.10 Å². The van der Waals surface area contributed by atoms with Gasteiger partial charge < -0.3 is 15.5 Å². The van der Waals surface area contributed by atoms with E-state index in [9.17, 15) is 18.6 Å². The molecule has 2 aromatic heterocycles. The van der Waals surface area contributed by atoms with Crippen molar-refractivity contribution in [2.45, 2.75) is 24.7 Å². The number of hydrogen-bond donors (Lipinski definition) is 4. The summed E-state index contributed by atoms with van der Waals surface area (Å²) in [7, 11) is -2.47. The van der Waals surface area contributed by atoms with E-state index in [4.69, 9.17) is 12.2 Å². The van der Waals surface area contributed by atoms with Crippen molar-refractivity contribution in [2.75, 3.05) is 12.4 Å². The fraction of sp³-hybridized carbons (Fsp3) is 0.235. The number of phenolic OH excluding ortho intramolecular Hbond substituents is 2. The van der Waals surface area contributed by atoms with E-state index < -0.39 is 10.0 Å². The number of hydrogen-bond acceptors (Lipinski definition) is 8. The zero-order chi connectivity index (χ0) is 20.6. The van der Waals surface area contributed by atoms with Gasteiger partial charge in [-0.25, -0.2) is 13.4 Å². The maximum atomic E-state index is 13.2. The molecule has 0 aliphatic rings. The van der Waals surface area contributed by atoms with Gasteiger partial charge >= 0.3 is 0 Å². The summed E-state index contributed by atoms with van der Waals surface area (Å²) >= 11 is 5.13. The summed E-state index contributed by atoms with van der Waals surface area (Å²) in [4.78, 5) is 3.93. The van der Waals surface area contributed by atoms with Gasteiger partial charge in [0.1, 0.15) is 22.2 Å². The minimum atomic E-state index is -4.14. The lowest BCUT2D eigenvalue weighted by atomic mass is 9.98. The number of pyridine rings is 1. The fourth-order valence-corrected chi connectivity index (χ4v) is 4.39. The number of nitrogens with one attached hydrogen (secondary N) is 2. The van der Waals surface area contributed by atoms with Gasteiger partial charge in [-0.1, -0.05) is 13.8 Å². The van der Waals surface area contributed by atoms with E-state index in [1.165, 1.54) is 24.4 Å². The van der Waals surface area contributed by atoms with Crippen molar-refractivity contribution in [3.8, 4) is 22.9 Å². The molecule has 0 saturated carbocycles. The summed E-state index contributed by atoms with van der Waals surface area (Å²) in [5, 5.41) is 29.6. The van der Waals surface area contributed by atoms with Crippen LogP contribution in [0.25, 0.3) is 11.4 Å². The molecule has 3 rings (SSSR count).